The van der Waals surface area contributed by atoms with Gasteiger partial charge >= 0.3 is 0 Å². The van der Waals surface area contributed by atoms with E-state index in [0.29, 0.717) is 3.57 Å². The Morgan fingerprint density at radius 2 is 2.20 bits per heavy atom. The number of halogens is 1. The van der Waals surface area contributed by atoms with Gasteiger partial charge in [-0.15, -0.1) is 0 Å². The monoisotopic (exact) mass is 249 g/mol. The zero-order chi connectivity index (χ0) is 7.56. The van der Waals surface area contributed by atoms with Crippen LogP contribution in [0.25, 0.3) is 0 Å². The van der Waals surface area contributed by atoms with Crippen molar-refractivity contribution in [1.29, 1.82) is 0 Å². The SMILES string of the molecule is COc1ccc([O-])c(I)c1. The van der Waals surface area contributed by atoms with E-state index in [1.807, 2.05) is 22.6 Å². The van der Waals surface area contributed by atoms with E-state index in [2.05, 4.69) is 0 Å². The van der Waals surface area contributed by atoms with Gasteiger partial charge in [0.25, 0.3) is 0 Å². The number of rotatable bonds is 1. The Bertz CT molecular complexity index is 235. The van der Waals surface area contributed by atoms with Crippen molar-refractivity contribution in [2.75, 3.05) is 7.11 Å². The lowest BCUT2D eigenvalue weighted by Crippen LogP contribution is -1.93. The smallest absolute Gasteiger partial charge is 0.119 e. The van der Waals surface area contributed by atoms with E-state index < -0.39 is 0 Å². The number of benzene rings is 1. The van der Waals surface area contributed by atoms with E-state index in [9.17, 15) is 5.11 Å². The first-order valence-electron chi connectivity index (χ1n) is 2.74. The van der Waals surface area contributed by atoms with Crippen LogP contribution in [0.5, 0.6) is 11.5 Å². The minimum Gasteiger partial charge on any atom is -0.872 e. The van der Waals surface area contributed by atoms with E-state index in [1.54, 1.807) is 19.2 Å². The molecule has 0 spiro atoms. The predicted molar refractivity (Wildman–Crippen MR) is 45.2 cm³/mol. The van der Waals surface area contributed by atoms with Crippen molar-refractivity contribution in [2.45, 2.75) is 0 Å². The summed E-state index contributed by atoms with van der Waals surface area (Å²) < 4.78 is 5.60. The second kappa shape index (κ2) is 3.09. The van der Waals surface area contributed by atoms with Crippen LogP contribution in [-0.4, -0.2) is 7.11 Å². The molecule has 0 unspecified atom stereocenters. The van der Waals surface area contributed by atoms with Crippen molar-refractivity contribution < 1.29 is 9.84 Å². The van der Waals surface area contributed by atoms with E-state index in [1.165, 1.54) is 6.07 Å². The fourth-order valence-electron chi connectivity index (χ4n) is 0.609. The molecule has 0 heterocycles. The highest BCUT2D eigenvalue weighted by Crippen LogP contribution is 2.21. The van der Waals surface area contributed by atoms with Crippen LogP contribution in [-0.2, 0) is 0 Å². The molecule has 0 aromatic heterocycles. The number of methoxy groups -OCH3 is 1. The lowest BCUT2D eigenvalue weighted by Gasteiger charge is -2.08. The van der Waals surface area contributed by atoms with Gasteiger partial charge in [0.05, 0.1) is 7.11 Å². The quantitative estimate of drug-likeness (QED) is 0.704. The maximum atomic E-state index is 10.8. The number of hydrogen-bond acceptors (Lipinski definition) is 2. The fourth-order valence-corrected chi connectivity index (χ4v) is 1.10. The Kier molecular flexibility index (Phi) is 2.37. The summed E-state index contributed by atoms with van der Waals surface area (Å²) in [5.74, 6) is 0.769. The lowest BCUT2D eigenvalue weighted by atomic mass is 10.3. The molecule has 0 aliphatic carbocycles. The van der Waals surface area contributed by atoms with Crippen LogP contribution in [0.2, 0.25) is 0 Å². The van der Waals surface area contributed by atoms with Crippen LogP contribution >= 0.6 is 22.6 Å². The standard InChI is InChI=1S/C7H7IO2/c1-10-5-2-3-7(9)6(8)4-5/h2-4,9H,1H3/p-1. The molecular formula is C7H6IO2-. The van der Waals surface area contributed by atoms with Gasteiger partial charge in [0.1, 0.15) is 5.75 Å². The zero-order valence-electron chi connectivity index (χ0n) is 5.43. The van der Waals surface area contributed by atoms with E-state index in [0.717, 1.165) is 5.75 Å². The maximum Gasteiger partial charge on any atom is 0.119 e. The van der Waals surface area contributed by atoms with Gasteiger partial charge in [-0.05, 0) is 34.7 Å². The molecule has 1 aromatic rings. The summed E-state index contributed by atoms with van der Waals surface area (Å²) in [6, 6.07) is 4.87. The van der Waals surface area contributed by atoms with Crippen LogP contribution in [0, 0.1) is 3.57 Å². The van der Waals surface area contributed by atoms with Crippen molar-refractivity contribution in [3.63, 3.8) is 0 Å². The van der Waals surface area contributed by atoms with Gasteiger partial charge in [-0.2, -0.15) is 0 Å². The Morgan fingerprint density at radius 1 is 1.50 bits per heavy atom. The minimum atomic E-state index is 0.0430. The van der Waals surface area contributed by atoms with Crippen molar-refractivity contribution in [1.82, 2.24) is 0 Å². The van der Waals surface area contributed by atoms with Crippen LogP contribution < -0.4 is 9.84 Å². The topological polar surface area (TPSA) is 32.3 Å². The van der Waals surface area contributed by atoms with Crippen LogP contribution in [0.4, 0.5) is 0 Å². The maximum absolute atomic E-state index is 10.8. The summed E-state index contributed by atoms with van der Waals surface area (Å²) in [6.07, 6.45) is 0. The van der Waals surface area contributed by atoms with Gasteiger partial charge in [-0.25, -0.2) is 0 Å². The van der Waals surface area contributed by atoms with E-state index >= 15 is 0 Å². The molecule has 0 amide bonds. The molecule has 54 valence electrons. The molecule has 0 atom stereocenters. The highest BCUT2D eigenvalue weighted by Gasteiger charge is 1.91. The van der Waals surface area contributed by atoms with Gasteiger partial charge in [0.2, 0.25) is 0 Å². The number of ether oxygens (including phenoxy) is 1. The molecule has 0 aliphatic heterocycles. The molecule has 1 aromatic carbocycles. The summed E-state index contributed by atoms with van der Waals surface area (Å²) in [5, 5.41) is 10.8. The molecular weight excluding hydrogens is 243 g/mol. The molecule has 0 radical (unpaired) electrons. The molecule has 2 nitrogen and oxygen atoms in total. The third-order valence-corrected chi connectivity index (χ3v) is 1.98. The van der Waals surface area contributed by atoms with Crippen molar-refractivity contribution in [3.05, 3.63) is 21.8 Å². The van der Waals surface area contributed by atoms with Crippen LogP contribution in [0.15, 0.2) is 18.2 Å². The second-order valence-electron chi connectivity index (χ2n) is 1.80. The molecule has 1 rings (SSSR count). The molecule has 10 heavy (non-hydrogen) atoms. The van der Waals surface area contributed by atoms with Gasteiger partial charge in [-0.1, -0.05) is 11.8 Å². The van der Waals surface area contributed by atoms with Crippen molar-refractivity contribution in [2.24, 2.45) is 0 Å². The lowest BCUT2D eigenvalue weighted by molar-refractivity contribution is -0.269. The average molecular weight is 249 g/mol. The largest absolute Gasteiger partial charge is 0.872 e. The van der Waals surface area contributed by atoms with Crippen LogP contribution in [0.3, 0.4) is 0 Å². The third kappa shape index (κ3) is 1.53. The second-order valence-corrected chi connectivity index (χ2v) is 2.96. The highest BCUT2D eigenvalue weighted by atomic mass is 127. The van der Waals surface area contributed by atoms with Crippen molar-refractivity contribution >= 4 is 22.6 Å². The molecule has 0 fully saturated rings. The summed E-state index contributed by atoms with van der Waals surface area (Å²) in [5.41, 5.74) is 0. The average Bonchev–Trinajstić information content (AvgIpc) is 1.95. The molecule has 0 N–H and O–H groups in total. The molecule has 0 aliphatic rings. The number of hydrogen-bond donors (Lipinski definition) is 0. The molecule has 0 saturated heterocycles. The van der Waals surface area contributed by atoms with Gasteiger partial charge in [0.15, 0.2) is 0 Å². The van der Waals surface area contributed by atoms with Gasteiger partial charge in [0, 0.05) is 3.57 Å². The van der Waals surface area contributed by atoms with E-state index in [-0.39, 0.29) is 5.75 Å². The Balaban J connectivity index is 3.04. The highest BCUT2D eigenvalue weighted by molar-refractivity contribution is 14.1. The first-order valence-corrected chi connectivity index (χ1v) is 3.82. The van der Waals surface area contributed by atoms with Crippen LogP contribution in [0.1, 0.15) is 0 Å². The summed E-state index contributed by atoms with van der Waals surface area (Å²) >= 11 is 1.98. The van der Waals surface area contributed by atoms with Crippen molar-refractivity contribution in [3.8, 4) is 11.5 Å². The van der Waals surface area contributed by atoms with E-state index in [4.69, 9.17) is 4.74 Å². The first kappa shape index (κ1) is 7.65. The molecule has 3 heteroatoms. The summed E-state index contributed by atoms with van der Waals surface area (Å²) in [4.78, 5) is 0. The molecule has 0 bridgehead atoms. The first-order chi connectivity index (χ1) is 4.74. The Hall–Kier alpha value is -0.450. The van der Waals surface area contributed by atoms with Gasteiger partial charge in [-0.3, -0.25) is 0 Å². The molecule has 0 saturated carbocycles. The fraction of sp³-hybridized carbons (Fsp3) is 0.143. The summed E-state index contributed by atoms with van der Waals surface area (Å²) in [6.45, 7) is 0. The Labute approximate surface area is 73.0 Å². The van der Waals surface area contributed by atoms with Gasteiger partial charge < -0.3 is 9.84 Å². The third-order valence-electron chi connectivity index (χ3n) is 1.14. The zero-order valence-corrected chi connectivity index (χ0v) is 7.58. The Morgan fingerprint density at radius 3 is 2.70 bits per heavy atom. The predicted octanol–water partition coefficient (Wildman–Crippen LogP) is 1.37. The normalized spacial score (nSPS) is 9.40. The summed E-state index contributed by atoms with van der Waals surface area (Å²) in [7, 11) is 1.58. The minimum absolute atomic E-state index is 0.0430.